The summed E-state index contributed by atoms with van der Waals surface area (Å²) in [5.74, 6) is -0.625. The van der Waals surface area contributed by atoms with Crippen LogP contribution in [-0.2, 0) is 14.8 Å². The van der Waals surface area contributed by atoms with E-state index >= 15 is 0 Å². The van der Waals surface area contributed by atoms with Crippen molar-refractivity contribution in [3.63, 3.8) is 0 Å². The number of ether oxygens (including phenoxy) is 1. The van der Waals surface area contributed by atoms with Gasteiger partial charge in [-0.25, -0.2) is 13.8 Å². The van der Waals surface area contributed by atoms with E-state index in [4.69, 9.17) is 27.9 Å². The summed E-state index contributed by atoms with van der Waals surface area (Å²) < 4.78 is 33.2. The van der Waals surface area contributed by atoms with Crippen LogP contribution in [-0.4, -0.2) is 39.1 Å². The largest absolute Gasteiger partial charge is 0.495 e. The molecule has 0 bridgehead atoms. The van der Waals surface area contributed by atoms with Crippen molar-refractivity contribution in [2.75, 3.05) is 18.0 Å². The number of aryl methyl sites for hydroxylation is 1. The summed E-state index contributed by atoms with van der Waals surface area (Å²) in [6, 6.07) is 14.2. The van der Waals surface area contributed by atoms with Crippen LogP contribution in [0.1, 0.15) is 11.1 Å². The highest BCUT2D eigenvalue weighted by Gasteiger charge is 2.29. The molecular formula is C23H20Cl2N4O6S. The number of nitro groups is 1. The standard InChI is InChI=1S/C23H20Cl2N4O6S/c1-15-3-7-19(8-4-15)36(33,34)28(21-12-17(24)5-10-22(21)35-2)14-23(30)27-26-13-16-11-18(29(31)32)6-9-20(16)25/h3-13H,14H2,1-2H3,(H,27,30)/b26-13-. The smallest absolute Gasteiger partial charge is 0.270 e. The number of carbonyl (C=O) groups is 1. The molecule has 10 nitrogen and oxygen atoms in total. The Balaban J connectivity index is 1.92. The topological polar surface area (TPSA) is 131 Å². The second-order valence-corrected chi connectivity index (χ2v) is 10.1. The molecule has 0 radical (unpaired) electrons. The minimum absolute atomic E-state index is 0.0465. The Labute approximate surface area is 217 Å². The first kappa shape index (κ1) is 26.9. The van der Waals surface area contributed by atoms with Crippen molar-refractivity contribution in [1.82, 2.24) is 5.43 Å². The maximum Gasteiger partial charge on any atom is 0.270 e. The third kappa shape index (κ3) is 6.30. The molecule has 13 heteroatoms. The van der Waals surface area contributed by atoms with Gasteiger partial charge in [0.15, 0.2) is 0 Å². The first-order valence-electron chi connectivity index (χ1n) is 10.2. The summed E-state index contributed by atoms with van der Waals surface area (Å²) in [5, 5.41) is 15.1. The number of non-ortho nitro benzene ring substituents is 1. The number of halogens is 2. The summed E-state index contributed by atoms with van der Waals surface area (Å²) in [5.41, 5.74) is 3.09. The number of nitrogens with zero attached hydrogens (tertiary/aromatic N) is 3. The number of methoxy groups -OCH3 is 1. The van der Waals surface area contributed by atoms with Gasteiger partial charge in [-0.2, -0.15) is 5.10 Å². The van der Waals surface area contributed by atoms with Crippen molar-refractivity contribution in [2.24, 2.45) is 5.10 Å². The number of sulfonamides is 1. The molecule has 0 saturated heterocycles. The lowest BCUT2D eigenvalue weighted by molar-refractivity contribution is -0.384. The molecule has 36 heavy (non-hydrogen) atoms. The lowest BCUT2D eigenvalue weighted by Gasteiger charge is -2.25. The summed E-state index contributed by atoms with van der Waals surface area (Å²) in [4.78, 5) is 23.1. The van der Waals surface area contributed by atoms with E-state index in [-0.39, 0.29) is 37.6 Å². The number of anilines is 1. The Kier molecular flexibility index (Phi) is 8.51. The second kappa shape index (κ2) is 11.4. The monoisotopic (exact) mass is 550 g/mol. The van der Waals surface area contributed by atoms with E-state index in [1.54, 1.807) is 12.1 Å². The fraction of sp³-hybridized carbons (Fsp3) is 0.130. The van der Waals surface area contributed by atoms with Gasteiger partial charge in [-0.1, -0.05) is 40.9 Å². The van der Waals surface area contributed by atoms with Crippen LogP contribution in [0.4, 0.5) is 11.4 Å². The molecule has 0 aromatic heterocycles. The fourth-order valence-electron chi connectivity index (χ4n) is 3.08. The lowest BCUT2D eigenvalue weighted by Crippen LogP contribution is -2.39. The van der Waals surface area contributed by atoms with Gasteiger partial charge in [0.05, 0.1) is 28.8 Å². The summed E-state index contributed by atoms with van der Waals surface area (Å²) in [6.07, 6.45) is 1.12. The minimum atomic E-state index is -4.23. The van der Waals surface area contributed by atoms with Crippen LogP contribution < -0.4 is 14.5 Å². The van der Waals surface area contributed by atoms with Crippen molar-refractivity contribution >= 4 is 56.7 Å². The van der Waals surface area contributed by atoms with Crippen LogP contribution in [0.15, 0.2) is 70.7 Å². The third-order valence-electron chi connectivity index (χ3n) is 4.89. The molecule has 0 aliphatic rings. The van der Waals surface area contributed by atoms with Crippen molar-refractivity contribution < 1.29 is 22.9 Å². The van der Waals surface area contributed by atoms with E-state index in [0.717, 1.165) is 16.1 Å². The fourth-order valence-corrected chi connectivity index (χ4v) is 4.83. The van der Waals surface area contributed by atoms with Crippen molar-refractivity contribution in [1.29, 1.82) is 0 Å². The van der Waals surface area contributed by atoms with Gasteiger partial charge in [-0.3, -0.25) is 19.2 Å². The van der Waals surface area contributed by atoms with Crippen molar-refractivity contribution in [2.45, 2.75) is 11.8 Å². The van der Waals surface area contributed by atoms with E-state index in [0.29, 0.717) is 0 Å². The highest BCUT2D eigenvalue weighted by Crippen LogP contribution is 2.34. The molecule has 0 unspecified atom stereocenters. The molecule has 0 fully saturated rings. The predicted molar refractivity (Wildman–Crippen MR) is 138 cm³/mol. The molecule has 0 saturated carbocycles. The molecule has 188 valence electrons. The second-order valence-electron chi connectivity index (χ2n) is 7.40. The average molecular weight is 551 g/mol. The molecule has 0 aliphatic carbocycles. The number of nitro benzene ring substituents is 1. The molecule has 0 atom stereocenters. The predicted octanol–water partition coefficient (Wildman–Crippen LogP) is 4.56. The molecule has 3 rings (SSSR count). The highest BCUT2D eigenvalue weighted by molar-refractivity contribution is 7.92. The van der Waals surface area contributed by atoms with E-state index in [1.807, 2.05) is 6.92 Å². The average Bonchev–Trinajstić information content (AvgIpc) is 2.83. The number of hydrogen-bond acceptors (Lipinski definition) is 7. The van der Waals surface area contributed by atoms with Crippen LogP contribution in [0.2, 0.25) is 10.0 Å². The van der Waals surface area contributed by atoms with E-state index in [2.05, 4.69) is 10.5 Å². The summed E-state index contributed by atoms with van der Waals surface area (Å²) in [6.45, 7) is 1.14. The number of hydrazone groups is 1. The van der Waals surface area contributed by atoms with Gasteiger partial charge in [-0.15, -0.1) is 0 Å². The Morgan fingerprint density at radius 2 is 1.83 bits per heavy atom. The SMILES string of the molecule is COc1ccc(Cl)cc1N(CC(=O)N/N=C\c1cc([N+](=O)[O-])ccc1Cl)S(=O)(=O)c1ccc(C)cc1. The molecule has 1 amide bonds. The van der Waals surface area contributed by atoms with E-state index < -0.39 is 27.4 Å². The van der Waals surface area contributed by atoms with Gasteiger partial charge in [0, 0.05) is 27.7 Å². The van der Waals surface area contributed by atoms with Gasteiger partial charge in [0.25, 0.3) is 21.6 Å². The number of amides is 1. The maximum absolute atomic E-state index is 13.5. The number of rotatable bonds is 9. The first-order chi connectivity index (χ1) is 17.0. The first-order valence-corrected chi connectivity index (χ1v) is 12.4. The number of benzene rings is 3. The molecule has 3 aromatic carbocycles. The lowest BCUT2D eigenvalue weighted by atomic mass is 10.2. The van der Waals surface area contributed by atoms with Gasteiger partial charge in [0.2, 0.25) is 0 Å². The highest BCUT2D eigenvalue weighted by atomic mass is 35.5. The van der Waals surface area contributed by atoms with Gasteiger partial charge >= 0.3 is 0 Å². The Bertz CT molecular complexity index is 1430. The van der Waals surface area contributed by atoms with Gasteiger partial charge in [-0.05, 0) is 43.3 Å². The zero-order chi connectivity index (χ0) is 26.5. The summed E-state index contributed by atoms with van der Waals surface area (Å²) in [7, 11) is -2.87. The number of nitrogens with one attached hydrogen (secondary N) is 1. The van der Waals surface area contributed by atoms with Crippen LogP contribution in [0.25, 0.3) is 0 Å². The molecule has 0 aliphatic heterocycles. The van der Waals surface area contributed by atoms with Crippen LogP contribution in [0.5, 0.6) is 5.75 Å². The van der Waals surface area contributed by atoms with E-state index in [9.17, 15) is 23.3 Å². The molecular weight excluding hydrogens is 531 g/mol. The normalized spacial score (nSPS) is 11.3. The van der Waals surface area contributed by atoms with Gasteiger partial charge < -0.3 is 4.74 Å². The number of carbonyl (C=O) groups excluding carboxylic acids is 1. The van der Waals surface area contributed by atoms with E-state index in [1.165, 1.54) is 55.6 Å². The molecule has 3 aromatic rings. The number of hydrogen-bond donors (Lipinski definition) is 1. The quantitative estimate of drug-likeness (QED) is 0.236. The Hall–Kier alpha value is -3.67. The van der Waals surface area contributed by atoms with Crippen molar-refractivity contribution in [3.05, 3.63) is 92.0 Å². The Morgan fingerprint density at radius 1 is 1.14 bits per heavy atom. The van der Waals surface area contributed by atoms with Crippen molar-refractivity contribution in [3.8, 4) is 5.75 Å². The minimum Gasteiger partial charge on any atom is -0.495 e. The maximum atomic E-state index is 13.5. The zero-order valence-electron chi connectivity index (χ0n) is 19.0. The molecule has 1 N–H and O–H groups in total. The molecule has 0 heterocycles. The van der Waals surface area contributed by atoms with Gasteiger partial charge in [0.1, 0.15) is 12.3 Å². The Morgan fingerprint density at radius 3 is 2.47 bits per heavy atom. The summed E-state index contributed by atoms with van der Waals surface area (Å²) >= 11 is 12.1. The van der Waals surface area contributed by atoms with Crippen LogP contribution >= 0.6 is 23.2 Å². The molecule has 0 spiro atoms. The zero-order valence-corrected chi connectivity index (χ0v) is 21.3. The van der Waals surface area contributed by atoms with Crippen LogP contribution in [0, 0.1) is 17.0 Å². The van der Waals surface area contributed by atoms with Crippen LogP contribution in [0.3, 0.4) is 0 Å². The third-order valence-corrected chi connectivity index (χ3v) is 7.24.